The molecule has 3 aromatic carbocycles. The van der Waals surface area contributed by atoms with Crippen molar-refractivity contribution in [2.75, 3.05) is 0 Å². The number of hydrogen-bond donors (Lipinski definition) is 0. The Kier molecular flexibility index (Phi) is 4.22. The highest BCUT2D eigenvalue weighted by Gasteiger charge is 2.43. The van der Waals surface area contributed by atoms with E-state index < -0.39 is 11.9 Å². The van der Waals surface area contributed by atoms with Crippen molar-refractivity contribution in [2.45, 2.75) is 32.8 Å². The molecular weight excluding hydrogens is 349 g/mol. The van der Waals surface area contributed by atoms with E-state index in [0.29, 0.717) is 28.7 Å². The lowest BCUT2D eigenvalue weighted by molar-refractivity contribution is -0.188. The third kappa shape index (κ3) is 2.99. The van der Waals surface area contributed by atoms with Gasteiger partial charge in [-0.05, 0) is 41.7 Å². The van der Waals surface area contributed by atoms with Crippen LogP contribution in [0.15, 0.2) is 54.6 Å². The van der Waals surface area contributed by atoms with E-state index in [1.807, 2.05) is 38.1 Å². The van der Waals surface area contributed by atoms with Gasteiger partial charge in [-0.15, -0.1) is 0 Å². The Balaban J connectivity index is 1.87. The summed E-state index contributed by atoms with van der Waals surface area (Å²) in [5.41, 5.74) is 3.43. The van der Waals surface area contributed by atoms with Crippen LogP contribution in [0.1, 0.15) is 30.0 Å². The van der Waals surface area contributed by atoms with Gasteiger partial charge >= 0.3 is 6.11 Å². The van der Waals surface area contributed by atoms with Crippen LogP contribution >= 0.6 is 0 Å². The Labute approximate surface area is 156 Å². The van der Waals surface area contributed by atoms with Gasteiger partial charge in [0.25, 0.3) is 0 Å². The number of benzene rings is 3. The Morgan fingerprint density at radius 2 is 1.56 bits per heavy atom. The zero-order valence-electron chi connectivity index (χ0n) is 15.2. The molecule has 1 heterocycles. The second-order valence-electron chi connectivity index (χ2n) is 6.91. The maximum atomic E-state index is 14.7. The molecule has 0 spiro atoms. The highest BCUT2D eigenvalue weighted by molar-refractivity contribution is 5.80. The van der Waals surface area contributed by atoms with E-state index in [-0.39, 0.29) is 11.3 Å². The molecule has 1 aliphatic heterocycles. The standard InChI is InChI=1S/C23H19F3O/c1-3-4-16-9-12-19-18-11-10-17(15-7-5-14(2)6-8-15)13-20(18)23(25,26)27-22(19)21(16)24/h5-13H,3-4H2,1-2H3. The van der Waals surface area contributed by atoms with Crippen molar-refractivity contribution in [1.82, 2.24) is 0 Å². The molecule has 138 valence electrons. The van der Waals surface area contributed by atoms with Crippen LogP contribution in [0.25, 0.3) is 22.3 Å². The molecule has 1 nitrogen and oxygen atoms in total. The van der Waals surface area contributed by atoms with E-state index in [1.54, 1.807) is 24.3 Å². The van der Waals surface area contributed by atoms with Crippen molar-refractivity contribution < 1.29 is 17.9 Å². The van der Waals surface area contributed by atoms with Crippen molar-refractivity contribution in [2.24, 2.45) is 0 Å². The maximum absolute atomic E-state index is 14.7. The molecule has 0 saturated heterocycles. The Bertz CT molecular complexity index is 1010. The van der Waals surface area contributed by atoms with Gasteiger partial charge in [0.2, 0.25) is 0 Å². The topological polar surface area (TPSA) is 9.23 Å². The lowest BCUT2D eigenvalue weighted by Crippen LogP contribution is -2.27. The normalized spacial score (nSPS) is 14.3. The van der Waals surface area contributed by atoms with Crippen LogP contribution < -0.4 is 4.74 Å². The van der Waals surface area contributed by atoms with Gasteiger partial charge in [0.15, 0.2) is 11.6 Å². The first-order chi connectivity index (χ1) is 12.9. The zero-order valence-corrected chi connectivity index (χ0v) is 15.2. The van der Waals surface area contributed by atoms with Gasteiger partial charge in [-0.3, -0.25) is 0 Å². The molecule has 0 fully saturated rings. The van der Waals surface area contributed by atoms with Crippen LogP contribution in [0.3, 0.4) is 0 Å². The van der Waals surface area contributed by atoms with Crippen molar-refractivity contribution in [1.29, 1.82) is 0 Å². The summed E-state index contributed by atoms with van der Waals surface area (Å²) in [6.07, 6.45) is -2.38. The zero-order chi connectivity index (χ0) is 19.2. The highest BCUT2D eigenvalue weighted by atomic mass is 19.3. The summed E-state index contributed by atoms with van der Waals surface area (Å²) in [6, 6.07) is 15.8. The summed E-state index contributed by atoms with van der Waals surface area (Å²) < 4.78 is 49.1. The van der Waals surface area contributed by atoms with Crippen LogP contribution in [-0.2, 0) is 12.5 Å². The molecule has 0 N–H and O–H groups in total. The fourth-order valence-electron chi connectivity index (χ4n) is 3.50. The van der Waals surface area contributed by atoms with E-state index in [4.69, 9.17) is 4.74 Å². The molecule has 27 heavy (non-hydrogen) atoms. The molecule has 0 aromatic heterocycles. The number of ether oxygens (including phenoxy) is 1. The van der Waals surface area contributed by atoms with E-state index in [2.05, 4.69) is 0 Å². The van der Waals surface area contributed by atoms with Gasteiger partial charge in [-0.25, -0.2) is 4.39 Å². The van der Waals surface area contributed by atoms with Crippen LogP contribution in [0.5, 0.6) is 5.75 Å². The van der Waals surface area contributed by atoms with Gasteiger partial charge in [0.05, 0.1) is 5.56 Å². The average molecular weight is 368 g/mol. The van der Waals surface area contributed by atoms with E-state index >= 15 is 0 Å². The van der Waals surface area contributed by atoms with E-state index in [1.165, 1.54) is 6.07 Å². The molecule has 0 saturated carbocycles. The van der Waals surface area contributed by atoms with Gasteiger partial charge in [0.1, 0.15) is 0 Å². The molecule has 0 aliphatic carbocycles. The number of aryl methyl sites for hydroxylation is 2. The Morgan fingerprint density at radius 3 is 2.26 bits per heavy atom. The first kappa shape index (κ1) is 17.7. The van der Waals surface area contributed by atoms with Crippen molar-refractivity contribution in [3.63, 3.8) is 0 Å². The summed E-state index contributed by atoms with van der Waals surface area (Å²) >= 11 is 0. The second kappa shape index (κ2) is 6.45. The summed E-state index contributed by atoms with van der Waals surface area (Å²) in [5, 5.41) is 0. The molecular formula is C23H19F3O. The Morgan fingerprint density at radius 1 is 0.889 bits per heavy atom. The van der Waals surface area contributed by atoms with Gasteiger partial charge in [-0.1, -0.05) is 67.4 Å². The summed E-state index contributed by atoms with van der Waals surface area (Å²) in [5.74, 6) is -1.05. The minimum absolute atomic E-state index is 0.240. The van der Waals surface area contributed by atoms with Crippen molar-refractivity contribution in [3.05, 3.63) is 77.1 Å². The van der Waals surface area contributed by atoms with E-state index in [0.717, 1.165) is 17.5 Å². The third-order valence-electron chi connectivity index (χ3n) is 4.93. The number of rotatable bonds is 3. The molecule has 3 aromatic rings. The van der Waals surface area contributed by atoms with Gasteiger partial charge in [-0.2, -0.15) is 8.78 Å². The molecule has 0 radical (unpaired) electrons. The predicted molar refractivity (Wildman–Crippen MR) is 101 cm³/mol. The predicted octanol–water partition coefficient (Wildman–Crippen LogP) is 6.86. The number of alkyl halides is 2. The average Bonchev–Trinajstić information content (AvgIpc) is 2.65. The molecule has 0 amide bonds. The first-order valence-electron chi connectivity index (χ1n) is 9.01. The van der Waals surface area contributed by atoms with Crippen molar-refractivity contribution in [3.8, 4) is 28.0 Å². The second-order valence-corrected chi connectivity index (χ2v) is 6.91. The fraction of sp³-hybridized carbons (Fsp3) is 0.217. The largest absolute Gasteiger partial charge is 0.427 e. The lowest BCUT2D eigenvalue weighted by Gasteiger charge is -2.29. The molecule has 4 heteroatoms. The van der Waals surface area contributed by atoms with Crippen LogP contribution in [-0.4, -0.2) is 0 Å². The quantitative estimate of drug-likeness (QED) is 0.490. The summed E-state index contributed by atoms with van der Waals surface area (Å²) in [6.45, 7) is 3.88. The van der Waals surface area contributed by atoms with Crippen LogP contribution in [0.4, 0.5) is 13.2 Å². The SMILES string of the molecule is CCCc1ccc2c(c1F)OC(F)(F)c1cc(-c3ccc(C)cc3)ccc1-2. The van der Waals surface area contributed by atoms with Crippen LogP contribution in [0.2, 0.25) is 0 Å². The number of hydrogen-bond acceptors (Lipinski definition) is 1. The van der Waals surface area contributed by atoms with Gasteiger partial charge < -0.3 is 4.74 Å². The van der Waals surface area contributed by atoms with Crippen molar-refractivity contribution >= 4 is 0 Å². The monoisotopic (exact) mass is 368 g/mol. The minimum atomic E-state index is -3.59. The van der Waals surface area contributed by atoms with Gasteiger partial charge in [0, 0.05) is 5.56 Å². The summed E-state index contributed by atoms with van der Waals surface area (Å²) in [7, 11) is 0. The fourth-order valence-corrected chi connectivity index (χ4v) is 3.50. The molecule has 0 unspecified atom stereocenters. The smallest absolute Gasteiger partial charge is 0.425 e. The molecule has 0 bridgehead atoms. The first-order valence-corrected chi connectivity index (χ1v) is 9.01. The number of halogens is 3. The third-order valence-corrected chi connectivity index (χ3v) is 4.93. The number of fused-ring (bicyclic) bond motifs is 3. The maximum Gasteiger partial charge on any atom is 0.427 e. The molecule has 1 aliphatic rings. The molecule has 4 rings (SSSR count). The van der Waals surface area contributed by atoms with Crippen LogP contribution in [0, 0.1) is 12.7 Å². The molecule has 0 atom stereocenters. The Hall–Kier alpha value is -2.75. The summed E-state index contributed by atoms with van der Waals surface area (Å²) in [4.78, 5) is 0. The minimum Gasteiger partial charge on any atom is -0.425 e. The lowest BCUT2D eigenvalue weighted by atomic mass is 9.91. The highest BCUT2D eigenvalue weighted by Crippen LogP contribution is 2.49. The van der Waals surface area contributed by atoms with E-state index in [9.17, 15) is 13.2 Å².